The van der Waals surface area contributed by atoms with E-state index in [2.05, 4.69) is 20.8 Å². The molecule has 5 heteroatoms. The maximum absolute atomic E-state index is 13.1. The molecule has 0 bridgehead atoms. The molecule has 0 spiro atoms. The maximum Gasteiger partial charge on any atom is 0.405 e. The fraction of sp³-hybridized carbons (Fsp3) is 1.00. The monoisotopic (exact) mass is 826 g/mol. The number of unbranched alkanes of at least 4 members (excludes halogenated alkanes) is 43. The molecule has 0 saturated heterocycles. The standard InChI is InChI=1S/C52H108NO3P/c1-4-7-10-12-14-16-18-20-22-24-26-28-30-32-34-36-38-40-42-44-46-48-50-53(57(54,55)56-52-9-6-3)51-49-47-45-43-41-39-37-35-33-31-29-27-25-23-21-19-17-15-13-11-8-5-2/h4-52H2,1-3H3,(H,54,55). The largest absolute Gasteiger partial charge is 0.405 e. The Hall–Kier alpha value is 0.110. The minimum atomic E-state index is -3.69. The van der Waals surface area contributed by atoms with Crippen LogP contribution in [-0.4, -0.2) is 29.3 Å². The average Bonchev–Trinajstić information content (AvgIpc) is 3.20. The molecule has 0 rings (SSSR count). The second-order valence-electron chi connectivity index (χ2n) is 18.5. The summed E-state index contributed by atoms with van der Waals surface area (Å²) in [6, 6.07) is 0. The molecule has 1 atom stereocenters. The summed E-state index contributed by atoms with van der Waals surface area (Å²) in [4.78, 5) is 10.8. The van der Waals surface area contributed by atoms with Crippen molar-refractivity contribution >= 4 is 7.75 Å². The van der Waals surface area contributed by atoms with Crippen LogP contribution in [0.5, 0.6) is 0 Å². The van der Waals surface area contributed by atoms with E-state index in [0.717, 1.165) is 38.5 Å². The van der Waals surface area contributed by atoms with E-state index < -0.39 is 7.75 Å². The minimum absolute atomic E-state index is 0.388. The van der Waals surface area contributed by atoms with Gasteiger partial charge in [0, 0.05) is 13.1 Å². The molecule has 0 heterocycles. The highest BCUT2D eigenvalue weighted by Crippen LogP contribution is 2.47. The van der Waals surface area contributed by atoms with Crippen LogP contribution < -0.4 is 0 Å². The third-order valence-corrected chi connectivity index (χ3v) is 14.3. The lowest BCUT2D eigenvalue weighted by Gasteiger charge is -2.26. The molecule has 0 radical (unpaired) electrons. The third-order valence-electron chi connectivity index (χ3n) is 12.7. The zero-order chi connectivity index (χ0) is 41.4. The van der Waals surface area contributed by atoms with Crippen LogP contribution in [0.4, 0.5) is 0 Å². The van der Waals surface area contributed by atoms with Crippen LogP contribution in [0.15, 0.2) is 0 Å². The van der Waals surface area contributed by atoms with Crippen LogP contribution in [0.25, 0.3) is 0 Å². The van der Waals surface area contributed by atoms with Crippen molar-refractivity contribution < 1.29 is 14.0 Å². The van der Waals surface area contributed by atoms with E-state index >= 15 is 0 Å². The predicted octanol–water partition coefficient (Wildman–Crippen LogP) is 19.4. The Morgan fingerprint density at radius 1 is 0.298 bits per heavy atom. The van der Waals surface area contributed by atoms with Crippen molar-refractivity contribution in [2.45, 2.75) is 316 Å². The summed E-state index contributed by atoms with van der Waals surface area (Å²) in [7, 11) is -3.69. The highest BCUT2D eigenvalue weighted by Gasteiger charge is 2.28. The lowest BCUT2D eigenvalue weighted by molar-refractivity contribution is 0.195. The van der Waals surface area contributed by atoms with Gasteiger partial charge in [0.15, 0.2) is 0 Å². The van der Waals surface area contributed by atoms with Crippen molar-refractivity contribution in [3.05, 3.63) is 0 Å². The first kappa shape index (κ1) is 57.1. The van der Waals surface area contributed by atoms with Gasteiger partial charge in [-0.1, -0.05) is 297 Å². The van der Waals surface area contributed by atoms with Gasteiger partial charge < -0.3 is 4.89 Å². The van der Waals surface area contributed by atoms with Crippen molar-refractivity contribution in [3.63, 3.8) is 0 Å². The topological polar surface area (TPSA) is 49.8 Å². The maximum atomic E-state index is 13.1. The second-order valence-corrected chi connectivity index (χ2v) is 20.3. The van der Waals surface area contributed by atoms with Crippen molar-refractivity contribution in [1.29, 1.82) is 0 Å². The molecule has 0 aliphatic carbocycles. The number of hydrogen-bond donors (Lipinski definition) is 1. The Morgan fingerprint density at radius 2 is 0.474 bits per heavy atom. The fourth-order valence-corrected chi connectivity index (χ4v) is 9.90. The van der Waals surface area contributed by atoms with Crippen LogP contribution >= 0.6 is 7.75 Å². The van der Waals surface area contributed by atoms with Gasteiger partial charge in [0.2, 0.25) is 0 Å². The van der Waals surface area contributed by atoms with E-state index in [0.29, 0.717) is 19.7 Å². The Balaban J connectivity index is 3.73. The summed E-state index contributed by atoms with van der Waals surface area (Å²) in [5.74, 6) is 0. The molecular formula is C52H108NO3P. The van der Waals surface area contributed by atoms with E-state index in [9.17, 15) is 9.46 Å². The van der Waals surface area contributed by atoms with Gasteiger partial charge in [-0.15, -0.1) is 0 Å². The van der Waals surface area contributed by atoms with Gasteiger partial charge in [-0.2, -0.15) is 0 Å². The van der Waals surface area contributed by atoms with Gasteiger partial charge in [0.25, 0.3) is 0 Å². The van der Waals surface area contributed by atoms with E-state index in [-0.39, 0.29) is 0 Å². The van der Waals surface area contributed by atoms with Gasteiger partial charge in [-0.05, 0) is 19.3 Å². The van der Waals surface area contributed by atoms with Gasteiger partial charge in [-0.3, -0.25) is 4.52 Å². The smallest absolute Gasteiger partial charge is 0.312 e. The molecule has 0 aromatic rings. The Morgan fingerprint density at radius 3 is 0.667 bits per heavy atom. The summed E-state index contributed by atoms with van der Waals surface area (Å²) in [6.07, 6.45) is 62.7. The first-order valence-electron chi connectivity index (χ1n) is 26.8. The second kappa shape index (κ2) is 48.8. The molecule has 0 amide bonds. The van der Waals surface area contributed by atoms with Crippen LogP contribution in [0.3, 0.4) is 0 Å². The molecule has 1 unspecified atom stereocenters. The van der Waals surface area contributed by atoms with E-state index in [1.54, 1.807) is 4.67 Å². The van der Waals surface area contributed by atoms with Crippen LogP contribution in [0.2, 0.25) is 0 Å². The summed E-state index contributed by atoms with van der Waals surface area (Å²) < 4.78 is 20.5. The van der Waals surface area contributed by atoms with Gasteiger partial charge in [0.1, 0.15) is 0 Å². The Labute approximate surface area is 361 Å². The SMILES string of the molecule is CCCCCCCCCCCCCCCCCCCCCCCCN(CCCCCCCCCCCCCCCCCCCCCCCC)P(=O)(O)OCCCC. The number of hydrogen-bond acceptors (Lipinski definition) is 2. The summed E-state index contributed by atoms with van der Waals surface area (Å²) >= 11 is 0. The van der Waals surface area contributed by atoms with Crippen molar-refractivity contribution in [2.24, 2.45) is 0 Å². The van der Waals surface area contributed by atoms with Crippen molar-refractivity contribution in [1.82, 2.24) is 4.67 Å². The summed E-state index contributed by atoms with van der Waals surface area (Å²) in [6.45, 7) is 8.48. The van der Waals surface area contributed by atoms with Crippen LogP contribution in [0, 0.1) is 0 Å². The number of rotatable bonds is 51. The molecular weight excluding hydrogens is 718 g/mol. The molecule has 0 aliphatic heterocycles. The van der Waals surface area contributed by atoms with Gasteiger partial charge in [-0.25, -0.2) is 9.24 Å². The normalized spacial score (nSPS) is 12.9. The van der Waals surface area contributed by atoms with Crippen molar-refractivity contribution in [2.75, 3.05) is 19.7 Å². The minimum Gasteiger partial charge on any atom is -0.312 e. The zero-order valence-electron chi connectivity index (χ0n) is 39.8. The molecule has 1 N–H and O–H groups in total. The van der Waals surface area contributed by atoms with Crippen molar-refractivity contribution in [3.8, 4) is 0 Å². The Kier molecular flexibility index (Phi) is 48.9. The molecule has 0 aromatic carbocycles. The molecule has 0 saturated carbocycles. The lowest BCUT2D eigenvalue weighted by atomic mass is 10.0. The van der Waals surface area contributed by atoms with E-state index in [4.69, 9.17) is 4.52 Å². The van der Waals surface area contributed by atoms with E-state index in [1.807, 2.05) is 0 Å². The fourth-order valence-electron chi connectivity index (χ4n) is 8.58. The Bertz CT molecular complexity index is 730. The van der Waals surface area contributed by atoms with Crippen LogP contribution in [0.1, 0.15) is 316 Å². The molecule has 57 heavy (non-hydrogen) atoms. The van der Waals surface area contributed by atoms with Gasteiger partial charge in [0.05, 0.1) is 6.61 Å². The molecule has 4 nitrogen and oxygen atoms in total. The first-order chi connectivity index (χ1) is 28.1. The molecule has 344 valence electrons. The summed E-state index contributed by atoms with van der Waals surface area (Å²) in [5.41, 5.74) is 0. The number of nitrogens with zero attached hydrogens (tertiary/aromatic N) is 1. The highest BCUT2D eigenvalue weighted by atomic mass is 31.2. The van der Waals surface area contributed by atoms with Gasteiger partial charge >= 0.3 is 7.75 Å². The van der Waals surface area contributed by atoms with E-state index in [1.165, 1.54) is 257 Å². The highest BCUT2D eigenvalue weighted by molar-refractivity contribution is 7.50. The average molecular weight is 826 g/mol. The molecule has 0 aliphatic rings. The molecule has 0 fully saturated rings. The quantitative estimate of drug-likeness (QED) is 0.0490. The zero-order valence-corrected chi connectivity index (χ0v) is 40.7. The third kappa shape index (κ3) is 45.5. The predicted molar refractivity (Wildman–Crippen MR) is 257 cm³/mol. The first-order valence-corrected chi connectivity index (χ1v) is 28.3. The summed E-state index contributed by atoms with van der Waals surface area (Å²) in [5, 5.41) is 0. The lowest BCUT2D eigenvalue weighted by Crippen LogP contribution is -2.24. The van der Waals surface area contributed by atoms with Crippen LogP contribution in [-0.2, 0) is 9.09 Å². The molecule has 0 aromatic heterocycles.